The molecule has 238 valence electrons. The molecular formula is C36H37Cl2F3N2O2. The van der Waals surface area contributed by atoms with Gasteiger partial charge in [0.15, 0.2) is 0 Å². The predicted molar refractivity (Wildman–Crippen MR) is 175 cm³/mol. The van der Waals surface area contributed by atoms with Crippen LogP contribution in [0.2, 0.25) is 5.02 Å². The Balaban J connectivity index is 0.00000461. The molecule has 4 aromatic carbocycles. The molecule has 0 saturated carbocycles. The first-order valence-electron chi connectivity index (χ1n) is 14.9. The summed E-state index contributed by atoms with van der Waals surface area (Å²) >= 11 is 6.33. The second-order valence-corrected chi connectivity index (χ2v) is 11.5. The quantitative estimate of drug-likeness (QED) is 0.135. The highest BCUT2D eigenvalue weighted by molar-refractivity contribution is 6.32. The fraction of sp³-hybridized carbons (Fsp3) is 0.306. The molecule has 1 saturated heterocycles. The van der Waals surface area contributed by atoms with Crippen molar-refractivity contribution in [3.05, 3.63) is 136 Å². The van der Waals surface area contributed by atoms with Gasteiger partial charge in [-0.1, -0.05) is 96.5 Å². The standard InChI is InChI=1S/C36H36ClF3N2O2.ClH/c37-35-30(16-8-18-33(35)36(38,39)40)25-41(26-32(28-12-3-1-4-13-28)29-14-5-2-6-15-29)19-10-22-44-31-17-7-11-27(23-31)24-34(43)42-20-9-21-42;/h1-8,11-18,23,32H,9-10,19-22,24-26H2;1H. The third kappa shape index (κ3) is 9.49. The summed E-state index contributed by atoms with van der Waals surface area (Å²) in [6.07, 6.45) is -2.48. The smallest absolute Gasteiger partial charge is 0.417 e. The highest BCUT2D eigenvalue weighted by Gasteiger charge is 2.34. The average Bonchev–Trinajstić information content (AvgIpc) is 2.98. The number of halogens is 5. The second-order valence-electron chi connectivity index (χ2n) is 11.1. The van der Waals surface area contributed by atoms with Crippen molar-refractivity contribution in [1.29, 1.82) is 0 Å². The Hall–Kier alpha value is -3.52. The summed E-state index contributed by atoms with van der Waals surface area (Å²) in [6.45, 7) is 3.48. The zero-order chi connectivity index (χ0) is 30.9. The minimum atomic E-state index is -4.53. The van der Waals surface area contributed by atoms with E-state index in [-0.39, 0.29) is 35.8 Å². The molecule has 0 atom stereocenters. The van der Waals surface area contributed by atoms with Crippen LogP contribution in [-0.4, -0.2) is 48.5 Å². The molecule has 4 nitrogen and oxygen atoms in total. The van der Waals surface area contributed by atoms with E-state index in [0.29, 0.717) is 43.9 Å². The summed E-state index contributed by atoms with van der Waals surface area (Å²) < 4.78 is 47.0. The van der Waals surface area contributed by atoms with Gasteiger partial charge in [0.1, 0.15) is 5.75 Å². The molecule has 0 N–H and O–H groups in total. The molecule has 45 heavy (non-hydrogen) atoms. The van der Waals surface area contributed by atoms with Crippen LogP contribution in [-0.2, 0) is 23.9 Å². The molecule has 0 bridgehead atoms. The molecule has 4 aromatic rings. The highest BCUT2D eigenvalue weighted by atomic mass is 35.5. The van der Waals surface area contributed by atoms with Gasteiger partial charge in [0, 0.05) is 38.6 Å². The van der Waals surface area contributed by atoms with Crippen molar-refractivity contribution >= 4 is 29.9 Å². The fourth-order valence-electron chi connectivity index (χ4n) is 5.50. The summed E-state index contributed by atoms with van der Waals surface area (Å²) in [5, 5.41) is -0.262. The lowest BCUT2D eigenvalue weighted by Gasteiger charge is -2.31. The van der Waals surface area contributed by atoms with E-state index < -0.39 is 11.7 Å². The van der Waals surface area contributed by atoms with Gasteiger partial charge in [-0.15, -0.1) is 12.4 Å². The molecule has 0 unspecified atom stereocenters. The lowest BCUT2D eigenvalue weighted by molar-refractivity contribution is -0.137. The van der Waals surface area contributed by atoms with Crippen LogP contribution in [0.1, 0.15) is 46.6 Å². The van der Waals surface area contributed by atoms with Gasteiger partial charge < -0.3 is 9.64 Å². The van der Waals surface area contributed by atoms with Crippen LogP contribution in [0.4, 0.5) is 13.2 Å². The van der Waals surface area contributed by atoms with Crippen molar-refractivity contribution in [3.8, 4) is 5.75 Å². The normalized spacial score (nSPS) is 13.0. The van der Waals surface area contributed by atoms with E-state index in [1.165, 1.54) is 6.07 Å². The van der Waals surface area contributed by atoms with Gasteiger partial charge >= 0.3 is 6.18 Å². The van der Waals surface area contributed by atoms with Crippen molar-refractivity contribution in [2.75, 3.05) is 32.8 Å². The van der Waals surface area contributed by atoms with Crippen LogP contribution >= 0.6 is 24.0 Å². The van der Waals surface area contributed by atoms with E-state index in [2.05, 4.69) is 29.2 Å². The summed E-state index contributed by atoms with van der Waals surface area (Å²) in [6, 6.07) is 31.9. The third-order valence-electron chi connectivity index (χ3n) is 7.97. The molecule has 5 rings (SSSR count). The van der Waals surface area contributed by atoms with Gasteiger partial charge in [-0.25, -0.2) is 0 Å². The molecule has 1 fully saturated rings. The second kappa shape index (κ2) is 16.2. The first-order chi connectivity index (χ1) is 21.3. The minimum Gasteiger partial charge on any atom is -0.494 e. The number of likely N-dealkylation sites (tertiary alicyclic amines) is 1. The number of amides is 1. The molecule has 0 radical (unpaired) electrons. The average molecular weight is 658 g/mol. The molecule has 1 heterocycles. The monoisotopic (exact) mass is 656 g/mol. The van der Waals surface area contributed by atoms with Gasteiger partial charge in [-0.05, 0) is 53.3 Å². The zero-order valence-corrected chi connectivity index (χ0v) is 26.5. The number of rotatable bonds is 13. The van der Waals surface area contributed by atoms with E-state index in [0.717, 1.165) is 42.3 Å². The molecular weight excluding hydrogens is 620 g/mol. The maximum atomic E-state index is 13.7. The van der Waals surface area contributed by atoms with E-state index in [1.807, 2.05) is 65.6 Å². The SMILES string of the molecule is Cl.O=C(Cc1cccc(OCCCN(Cc2cccc(C(F)(F)F)c2Cl)CC(c2ccccc2)c2ccccc2)c1)N1CCC1. The number of benzene rings is 4. The number of carbonyl (C=O) groups is 1. The Morgan fingerprint density at radius 1 is 0.889 bits per heavy atom. The third-order valence-corrected chi connectivity index (χ3v) is 8.42. The van der Waals surface area contributed by atoms with Gasteiger partial charge in [0.2, 0.25) is 5.91 Å². The van der Waals surface area contributed by atoms with Gasteiger partial charge in [-0.2, -0.15) is 13.2 Å². The molecule has 0 spiro atoms. The molecule has 1 aliphatic heterocycles. The zero-order valence-electron chi connectivity index (χ0n) is 24.9. The van der Waals surface area contributed by atoms with E-state index in [4.69, 9.17) is 16.3 Å². The molecule has 0 aromatic heterocycles. The predicted octanol–water partition coefficient (Wildman–Crippen LogP) is 8.66. The van der Waals surface area contributed by atoms with E-state index in [1.54, 1.807) is 6.07 Å². The van der Waals surface area contributed by atoms with E-state index >= 15 is 0 Å². The van der Waals surface area contributed by atoms with Gasteiger partial charge in [0.05, 0.1) is 23.6 Å². The van der Waals surface area contributed by atoms with Gasteiger partial charge in [0.25, 0.3) is 0 Å². The van der Waals surface area contributed by atoms with Crippen molar-refractivity contribution in [2.45, 2.75) is 37.9 Å². The van der Waals surface area contributed by atoms with Crippen LogP contribution in [0.25, 0.3) is 0 Å². The number of carbonyl (C=O) groups excluding carboxylic acids is 1. The van der Waals surface area contributed by atoms with Gasteiger partial charge in [-0.3, -0.25) is 9.69 Å². The lowest BCUT2D eigenvalue weighted by atomic mass is 9.90. The van der Waals surface area contributed by atoms with Crippen molar-refractivity contribution in [3.63, 3.8) is 0 Å². The van der Waals surface area contributed by atoms with Crippen LogP contribution in [0.15, 0.2) is 103 Å². The Morgan fingerprint density at radius 3 is 2.13 bits per heavy atom. The van der Waals surface area contributed by atoms with Crippen molar-refractivity contribution < 1.29 is 22.7 Å². The summed E-state index contributed by atoms with van der Waals surface area (Å²) in [7, 11) is 0. The van der Waals surface area contributed by atoms with Crippen LogP contribution in [0.3, 0.4) is 0 Å². The molecule has 0 aliphatic carbocycles. The first kappa shape index (κ1) is 34.4. The fourth-order valence-corrected chi connectivity index (χ4v) is 5.80. The minimum absolute atomic E-state index is 0. The Bertz CT molecular complexity index is 1480. The number of nitrogens with zero attached hydrogens (tertiary/aromatic N) is 2. The van der Waals surface area contributed by atoms with Crippen LogP contribution < -0.4 is 4.74 Å². The van der Waals surface area contributed by atoms with Crippen molar-refractivity contribution in [2.24, 2.45) is 0 Å². The lowest BCUT2D eigenvalue weighted by Crippen LogP contribution is -2.42. The summed E-state index contributed by atoms with van der Waals surface area (Å²) in [4.78, 5) is 16.4. The summed E-state index contributed by atoms with van der Waals surface area (Å²) in [5.41, 5.74) is 2.77. The molecule has 9 heteroatoms. The molecule has 1 amide bonds. The van der Waals surface area contributed by atoms with E-state index in [9.17, 15) is 18.0 Å². The number of hydrogen-bond donors (Lipinski definition) is 0. The molecule has 1 aliphatic rings. The Morgan fingerprint density at radius 2 is 1.53 bits per heavy atom. The topological polar surface area (TPSA) is 32.8 Å². The Kier molecular flexibility index (Phi) is 12.3. The number of hydrogen-bond acceptors (Lipinski definition) is 3. The number of ether oxygens (including phenoxy) is 1. The van der Waals surface area contributed by atoms with Crippen LogP contribution in [0.5, 0.6) is 5.75 Å². The number of alkyl halides is 3. The van der Waals surface area contributed by atoms with Crippen molar-refractivity contribution in [1.82, 2.24) is 9.80 Å². The largest absolute Gasteiger partial charge is 0.494 e. The first-order valence-corrected chi connectivity index (χ1v) is 15.3. The highest BCUT2D eigenvalue weighted by Crippen LogP contribution is 2.37. The maximum Gasteiger partial charge on any atom is 0.417 e. The Labute approximate surface area is 274 Å². The maximum absolute atomic E-state index is 13.7. The summed E-state index contributed by atoms with van der Waals surface area (Å²) in [5.74, 6) is 0.824. The van der Waals surface area contributed by atoms with Crippen LogP contribution in [0, 0.1) is 0 Å².